The van der Waals surface area contributed by atoms with E-state index in [1.54, 1.807) is 25.6 Å². The molecule has 0 N–H and O–H groups in total. The lowest BCUT2D eigenvalue weighted by molar-refractivity contribution is -0.141. The molecule has 0 heterocycles. The van der Waals surface area contributed by atoms with Gasteiger partial charge in [0.05, 0.1) is 19.6 Å². The normalized spacial score (nSPS) is 11.3. The standard InChI is InChI=1S/C16H23O5PS3/c1-3-20-22(18,21-4-2)13-19-15(17)10-11-24-16(23)25-12-14-8-6-5-7-9-14/h5-9H,3-4,10-13H2,1-2H3. The summed E-state index contributed by atoms with van der Waals surface area (Å²) in [6, 6.07) is 10.1. The van der Waals surface area contributed by atoms with Crippen LogP contribution in [0.25, 0.3) is 0 Å². The van der Waals surface area contributed by atoms with Crippen LogP contribution in [-0.2, 0) is 28.9 Å². The van der Waals surface area contributed by atoms with Crippen LogP contribution in [0, 0.1) is 0 Å². The molecule has 1 aromatic carbocycles. The average Bonchev–Trinajstić information content (AvgIpc) is 2.60. The molecule has 0 aliphatic rings. The van der Waals surface area contributed by atoms with Crippen LogP contribution >= 0.6 is 43.3 Å². The molecule has 9 heteroatoms. The van der Waals surface area contributed by atoms with Gasteiger partial charge in [0, 0.05) is 11.5 Å². The van der Waals surface area contributed by atoms with Crippen LogP contribution in [0.2, 0.25) is 0 Å². The van der Waals surface area contributed by atoms with Gasteiger partial charge in [-0.05, 0) is 19.4 Å². The number of hydrogen-bond acceptors (Lipinski definition) is 8. The third kappa shape index (κ3) is 10.4. The van der Waals surface area contributed by atoms with Crippen molar-refractivity contribution in [1.29, 1.82) is 0 Å². The molecule has 0 saturated carbocycles. The van der Waals surface area contributed by atoms with E-state index in [0.29, 0.717) is 5.75 Å². The Hall–Kier alpha value is -0.370. The Bertz CT molecular complexity index is 572. The van der Waals surface area contributed by atoms with Gasteiger partial charge in [-0.1, -0.05) is 42.5 Å². The Labute approximate surface area is 163 Å². The summed E-state index contributed by atoms with van der Waals surface area (Å²) < 4.78 is 28.1. The minimum absolute atomic E-state index is 0.189. The lowest BCUT2D eigenvalue weighted by Gasteiger charge is -2.16. The summed E-state index contributed by atoms with van der Waals surface area (Å²) in [5.41, 5.74) is 1.21. The van der Waals surface area contributed by atoms with E-state index in [1.165, 1.54) is 17.3 Å². The molecule has 0 aliphatic heterocycles. The topological polar surface area (TPSA) is 61.8 Å². The van der Waals surface area contributed by atoms with E-state index >= 15 is 0 Å². The fourth-order valence-corrected chi connectivity index (χ4v) is 5.12. The highest BCUT2D eigenvalue weighted by Gasteiger charge is 2.25. The first kappa shape index (κ1) is 22.7. The van der Waals surface area contributed by atoms with Gasteiger partial charge in [-0.25, -0.2) is 0 Å². The molecular formula is C16H23O5PS3. The van der Waals surface area contributed by atoms with E-state index in [4.69, 9.17) is 26.0 Å². The number of hydrogen-bond donors (Lipinski definition) is 0. The van der Waals surface area contributed by atoms with Crippen LogP contribution in [0.4, 0.5) is 0 Å². The van der Waals surface area contributed by atoms with Crippen LogP contribution in [0.15, 0.2) is 30.3 Å². The van der Waals surface area contributed by atoms with Crippen LogP contribution < -0.4 is 0 Å². The Morgan fingerprint density at radius 3 is 2.36 bits per heavy atom. The molecule has 0 saturated heterocycles. The average molecular weight is 423 g/mol. The Kier molecular flexibility index (Phi) is 11.7. The second kappa shape index (κ2) is 12.9. The molecule has 1 aromatic rings. The van der Waals surface area contributed by atoms with E-state index in [0.717, 1.165) is 9.28 Å². The minimum Gasteiger partial charge on any atom is -0.453 e. The molecule has 0 aliphatic carbocycles. The molecule has 1 rings (SSSR count). The Morgan fingerprint density at radius 1 is 1.12 bits per heavy atom. The minimum atomic E-state index is -3.35. The zero-order valence-corrected chi connectivity index (χ0v) is 17.7. The quantitative estimate of drug-likeness (QED) is 0.277. The Balaban J connectivity index is 2.21. The summed E-state index contributed by atoms with van der Waals surface area (Å²) in [5.74, 6) is 0.888. The van der Waals surface area contributed by atoms with E-state index in [9.17, 15) is 9.36 Å². The number of rotatable bonds is 11. The van der Waals surface area contributed by atoms with Gasteiger partial charge in [0.1, 0.15) is 3.53 Å². The van der Waals surface area contributed by atoms with Crippen molar-refractivity contribution in [3.05, 3.63) is 35.9 Å². The lowest BCUT2D eigenvalue weighted by Crippen LogP contribution is -2.10. The van der Waals surface area contributed by atoms with Crippen molar-refractivity contribution < 1.29 is 23.1 Å². The number of ether oxygens (including phenoxy) is 1. The number of esters is 1. The molecule has 0 amide bonds. The predicted octanol–water partition coefficient (Wildman–Crippen LogP) is 5.09. The summed E-state index contributed by atoms with van der Waals surface area (Å²) in [4.78, 5) is 11.7. The lowest BCUT2D eigenvalue weighted by atomic mass is 10.2. The van der Waals surface area contributed by atoms with Crippen molar-refractivity contribution in [3.63, 3.8) is 0 Å². The summed E-state index contributed by atoms with van der Waals surface area (Å²) in [7, 11) is -3.35. The molecule has 140 valence electrons. The maximum atomic E-state index is 12.2. The number of carbonyl (C=O) groups is 1. The summed E-state index contributed by atoms with van der Waals surface area (Å²) in [6.45, 7) is 3.88. The molecule has 0 bridgehead atoms. The van der Waals surface area contributed by atoms with Crippen LogP contribution in [0.5, 0.6) is 0 Å². The monoisotopic (exact) mass is 422 g/mol. The number of thioether (sulfide) groups is 2. The maximum absolute atomic E-state index is 12.2. The van der Waals surface area contributed by atoms with Crippen LogP contribution in [0.3, 0.4) is 0 Å². The van der Waals surface area contributed by atoms with E-state index in [-0.39, 0.29) is 26.0 Å². The number of benzene rings is 1. The van der Waals surface area contributed by atoms with Crippen LogP contribution in [-0.4, -0.2) is 34.8 Å². The third-order valence-corrected chi connectivity index (χ3v) is 7.28. The molecule has 0 spiro atoms. The highest BCUT2D eigenvalue weighted by Crippen LogP contribution is 2.47. The molecule has 5 nitrogen and oxygen atoms in total. The zero-order chi connectivity index (χ0) is 18.5. The van der Waals surface area contributed by atoms with Crippen molar-refractivity contribution in [2.45, 2.75) is 26.0 Å². The molecule has 25 heavy (non-hydrogen) atoms. The molecule has 0 atom stereocenters. The largest absolute Gasteiger partial charge is 0.453 e. The van der Waals surface area contributed by atoms with Gasteiger partial charge in [0.25, 0.3) is 0 Å². The smallest absolute Gasteiger partial charge is 0.367 e. The van der Waals surface area contributed by atoms with E-state index in [1.807, 2.05) is 30.3 Å². The van der Waals surface area contributed by atoms with Crippen LogP contribution in [0.1, 0.15) is 25.8 Å². The second-order valence-electron chi connectivity index (χ2n) is 4.71. The summed E-state index contributed by atoms with van der Waals surface area (Å²) in [5, 5.41) is 0. The predicted molar refractivity (Wildman–Crippen MR) is 109 cm³/mol. The second-order valence-corrected chi connectivity index (χ2v) is 9.99. The highest BCUT2D eigenvalue weighted by atomic mass is 32.2. The SMILES string of the molecule is CCOP(=O)(COC(=O)CCSC(=S)SCc1ccccc1)OCC. The maximum Gasteiger partial charge on any atom is 0.367 e. The first-order chi connectivity index (χ1) is 12.0. The van der Waals surface area contributed by atoms with Gasteiger partial charge >= 0.3 is 13.6 Å². The fraction of sp³-hybridized carbons (Fsp3) is 0.500. The molecule has 0 aromatic heterocycles. The first-order valence-electron chi connectivity index (χ1n) is 7.86. The van der Waals surface area contributed by atoms with E-state index in [2.05, 4.69) is 0 Å². The number of carbonyl (C=O) groups excluding carboxylic acids is 1. The molecule has 0 unspecified atom stereocenters. The van der Waals surface area contributed by atoms with Gasteiger partial charge in [-0.2, -0.15) is 0 Å². The molecular weight excluding hydrogens is 399 g/mol. The fourth-order valence-electron chi connectivity index (χ4n) is 1.70. The van der Waals surface area contributed by atoms with E-state index < -0.39 is 13.6 Å². The van der Waals surface area contributed by atoms with Gasteiger partial charge in [-0.3, -0.25) is 9.36 Å². The van der Waals surface area contributed by atoms with Crippen molar-refractivity contribution >= 4 is 52.8 Å². The molecule has 0 radical (unpaired) electrons. The van der Waals surface area contributed by atoms with Crippen molar-refractivity contribution in [2.24, 2.45) is 0 Å². The Morgan fingerprint density at radius 2 is 1.76 bits per heavy atom. The van der Waals surface area contributed by atoms with Crippen molar-refractivity contribution in [1.82, 2.24) is 0 Å². The van der Waals surface area contributed by atoms with Crippen molar-refractivity contribution in [2.75, 3.05) is 25.3 Å². The van der Waals surface area contributed by atoms with Crippen molar-refractivity contribution in [3.8, 4) is 0 Å². The number of thiocarbonyl (C=S) groups is 1. The zero-order valence-electron chi connectivity index (χ0n) is 14.3. The van der Waals surface area contributed by atoms with Gasteiger partial charge in [-0.15, -0.1) is 23.5 Å². The summed E-state index contributed by atoms with van der Waals surface area (Å²) in [6.07, 6.45) is -0.166. The highest BCUT2D eigenvalue weighted by molar-refractivity contribution is 8.46. The van der Waals surface area contributed by atoms with Gasteiger partial charge < -0.3 is 13.8 Å². The van der Waals surface area contributed by atoms with Gasteiger partial charge in [0.15, 0.2) is 6.35 Å². The van der Waals surface area contributed by atoms with Gasteiger partial charge in [0.2, 0.25) is 0 Å². The summed E-state index contributed by atoms with van der Waals surface area (Å²) >= 11 is 8.30. The third-order valence-electron chi connectivity index (χ3n) is 2.76. The molecule has 0 fully saturated rings. The first-order valence-corrected chi connectivity index (χ1v) is 12.0.